The average Bonchev–Trinajstić information content (AvgIpc) is 2.79. The Hall–Kier alpha value is -4.13. The summed E-state index contributed by atoms with van der Waals surface area (Å²) in [5, 5.41) is 8.07. The lowest BCUT2D eigenvalue weighted by Crippen LogP contribution is -2.26. The number of fused-ring (bicyclic) bond motifs is 1. The van der Waals surface area contributed by atoms with Gasteiger partial charge < -0.3 is 14.8 Å². The molecule has 0 radical (unpaired) electrons. The highest BCUT2D eigenvalue weighted by molar-refractivity contribution is 6.11. The topological polar surface area (TPSA) is 82.5 Å². The van der Waals surface area contributed by atoms with Gasteiger partial charge >= 0.3 is 0 Å². The summed E-state index contributed by atoms with van der Waals surface area (Å²) in [6.07, 6.45) is 0. The number of benzene rings is 3. The van der Waals surface area contributed by atoms with Crippen molar-refractivity contribution in [2.24, 2.45) is 0 Å². The van der Waals surface area contributed by atoms with Gasteiger partial charge in [-0.25, -0.2) is 0 Å². The summed E-state index contributed by atoms with van der Waals surface area (Å²) >= 11 is 0. The van der Waals surface area contributed by atoms with Crippen LogP contribution in [0.15, 0.2) is 77.6 Å². The number of rotatable bonds is 5. The first kappa shape index (κ1) is 19.2. The first-order valence-electron chi connectivity index (χ1n) is 9.23. The van der Waals surface area contributed by atoms with Crippen LogP contribution in [0.5, 0.6) is 11.5 Å². The molecule has 1 amide bonds. The van der Waals surface area contributed by atoms with Crippen molar-refractivity contribution in [2.75, 3.05) is 19.5 Å². The monoisotopic (exact) mass is 401 g/mol. The van der Waals surface area contributed by atoms with Gasteiger partial charge in [0, 0.05) is 11.5 Å². The minimum Gasteiger partial charge on any atom is -0.497 e. The molecule has 1 aromatic heterocycles. The summed E-state index contributed by atoms with van der Waals surface area (Å²) in [6.45, 7) is 0. The number of hydrogen-bond acceptors (Lipinski definition) is 5. The van der Waals surface area contributed by atoms with E-state index in [-0.39, 0.29) is 11.3 Å². The lowest BCUT2D eigenvalue weighted by molar-refractivity contribution is 0.102. The van der Waals surface area contributed by atoms with E-state index in [2.05, 4.69) is 10.4 Å². The van der Waals surface area contributed by atoms with E-state index in [4.69, 9.17) is 9.47 Å². The van der Waals surface area contributed by atoms with Crippen LogP contribution in [-0.2, 0) is 0 Å². The number of amides is 1. The molecule has 4 aromatic rings. The molecule has 7 heteroatoms. The Morgan fingerprint density at radius 2 is 1.63 bits per heavy atom. The fourth-order valence-corrected chi connectivity index (χ4v) is 3.20. The van der Waals surface area contributed by atoms with Crippen molar-refractivity contribution in [3.05, 3.63) is 88.8 Å². The fraction of sp³-hybridized carbons (Fsp3) is 0.0870. The van der Waals surface area contributed by atoms with Crippen LogP contribution in [0.1, 0.15) is 10.5 Å². The predicted molar refractivity (Wildman–Crippen MR) is 115 cm³/mol. The maximum atomic E-state index is 13.1. The lowest BCUT2D eigenvalue weighted by Gasteiger charge is -2.13. The summed E-state index contributed by atoms with van der Waals surface area (Å²) in [5.74, 6) is 0.651. The van der Waals surface area contributed by atoms with Gasteiger partial charge in [-0.1, -0.05) is 36.4 Å². The van der Waals surface area contributed by atoms with Crippen LogP contribution in [0.4, 0.5) is 5.69 Å². The second-order valence-corrected chi connectivity index (χ2v) is 6.47. The Morgan fingerprint density at radius 3 is 2.40 bits per heavy atom. The molecule has 1 heterocycles. The standard InChI is InChI=1S/C23H19N3O4/c1-29-16-9-7-8-15(14-16)26-23(28)18-11-4-3-10-17(18)21(25-26)22(27)24-19-12-5-6-13-20(19)30-2/h3-14H,1-2H3,(H,24,27). The molecule has 0 spiro atoms. The second-order valence-electron chi connectivity index (χ2n) is 6.47. The number of aromatic nitrogens is 2. The van der Waals surface area contributed by atoms with E-state index < -0.39 is 5.91 Å². The Kier molecular flexibility index (Phi) is 5.17. The van der Waals surface area contributed by atoms with Crippen molar-refractivity contribution in [3.63, 3.8) is 0 Å². The molecule has 4 rings (SSSR count). The molecular formula is C23H19N3O4. The maximum absolute atomic E-state index is 13.1. The van der Waals surface area contributed by atoms with Crippen molar-refractivity contribution in [2.45, 2.75) is 0 Å². The smallest absolute Gasteiger partial charge is 0.279 e. The van der Waals surface area contributed by atoms with Crippen LogP contribution in [0.3, 0.4) is 0 Å². The number of para-hydroxylation sites is 2. The number of hydrogen-bond donors (Lipinski definition) is 1. The summed E-state index contributed by atoms with van der Waals surface area (Å²) in [5.41, 5.74) is 0.804. The zero-order valence-electron chi connectivity index (χ0n) is 16.5. The summed E-state index contributed by atoms with van der Waals surface area (Å²) in [6, 6.07) is 20.9. The molecule has 7 nitrogen and oxygen atoms in total. The van der Waals surface area contributed by atoms with Gasteiger partial charge in [0.2, 0.25) is 0 Å². The Bertz CT molecular complexity index is 1300. The van der Waals surface area contributed by atoms with Crippen molar-refractivity contribution in [1.29, 1.82) is 0 Å². The highest BCUT2D eigenvalue weighted by Gasteiger charge is 2.19. The van der Waals surface area contributed by atoms with Gasteiger partial charge in [-0.05, 0) is 30.3 Å². The number of nitrogens with one attached hydrogen (secondary N) is 1. The molecule has 30 heavy (non-hydrogen) atoms. The van der Waals surface area contributed by atoms with Crippen LogP contribution in [-0.4, -0.2) is 29.9 Å². The maximum Gasteiger partial charge on any atom is 0.279 e. The number of carbonyl (C=O) groups excluding carboxylic acids is 1. The number of anilines is 1. The van der Waals surface area contributed by atoms with Crippen LogP contribution in [0.25, 0.3) is 16.5 Å². The van der Waals surface area contributed by atoms with Gasteiger partial charge in [0.15, 0.2) is 5.69 Å². The molecule has 0 aliphatic carbocycles. The van der Waals surface area contributed by atoms with Crippen LogP contribution < -0.4 is 20.3 Å². The molecule has 0 aliphatic heterocycles. The summed E-state index contributed by atoms with van der Waals surface area (Å²) in [4.78, 5) is 26.2. The number of ether oxygens (including phenoxy) is 2. The second kappa shape index (κ2) is 8.08. The van der Waals surface area contributed by atoms with Gasteiger partial charge in [-0.3, -0.25) is 9.59 Å². The van der Waals surface area contributed by atoms with Crippen LogP contribution in [0, 0.1) is 0 Å². The van der Waals surface area contributed by atoms with E-state index in [1.165, 1.54) is 11.8 Å². The van der Waals surface area contributed by atoms with Crippen molar-refractivity contribution >= 4 is 22.4 Å². The first-order chi connectivity index (χ1) is 14.6. The Balaban J connectivity index is 1.88. The minimum atomic E-state index is -0.452. The van der Waals surface area contributed by atoms with E-state index in [9.17, 15) is 9.59 Å². The lowest BCUT2D eigenvalue weighted by atomic mass is 10.1. The quantitative estimate of drug-likeness (QED) is 0.552. The Labute approximate surface area is 172 Å². The molecule has 3 aromatic carbocycles. The number of carbonyl (C=O) groups is 1. The zero-order valence-corrected chi connectivity index (χ0v) is 16.5. The molecular weight excluding hydrogens is 382 g/mol. The molecule has 0 atom stereocenters. The van der Waals surface area contributed by atoms with E-state index in [0.717, 1.165) is 0 Å². The first-order valence-corrected chi connectivity index (χ1v) is 9.23. The van der Waals surface area contributed by atoms with Crippen molar-refractivity contribution in [3.8, 4) is 17.2 Å². The predicted octanol–water partition coefficient (Wildman–Crippen LogP) is 3.66. The molecule has 0 fully saturated rings. The van der Waals surface area contributed by atoms with Gasteiger partial charge in [0.05, 0.1) is 31.0 Å². The van der Waals surface area contributed by atoms with Gasteiger partial charge in [-0.15, -0.1) is 0 Å². The molecule has 0 aliphatic rings. The van der Waals surface area contributed by atoms with Gasteiger partial charge in [-0.2, -0.15) is 9.78 Å². The summed E-state index contributed by atoms with van der Waals surface area (Å²) in [7, 11) is 3.07. The van der Waals surface area contributed by atoms with E-state index in [1.54, 1.807) is 73.8 Å². The highest BCUT2D eigenvalue weighted by Crippen LogP contribution is 2.25. The van der Waals surface area contributed by atoms with Crippen molar-refractivity contribution in [1.82, 2.24) is 9.78 Å². The largest absolute Gasteiger partial charge is 0.497 e. The number of nitrogens with zero attached hydrogens (tertiary/aromatic N) is 2. The van der Waals surface area contributed by atoms with Gasteiger partial charge in [0.25, 0.3) is 11.5 Å². The molecule has 150 valence electrons. The van der Waals surface area contributed by atoms with E-state index in [0.29, 0.717) is 33.6 Å². The SMILES string of the molecule is COc1cccc(-n2nc(C(=O)Nc3ccccc3OC)c3ccccc3c2=O)c1. The van der Waals surface area contributed by atoms with E-state index >= 15 is 0 Å². The Morgan fingerprint density at radius 1 is 0.900 bits per heavy atom. The van der Waals surface area contributed by atoms with Crippen LogP contribution >= 0.6 is 0 Å². The third-order valence-electron chi connectivity index (χ3n) is 4.67. The molecule has 1 N–H and O–H groups in total. The molecule has 0 bridgehead atoms. The minimum absolute atomic E-state index is 0.124. The van der Waals surface area contributed by atoms with Gasteiger partial charge in [0.1, 0.15) is 11.5 Å². The van der Waals surface area contributed by atoms with E-state index in [1.807, 2.05) is 6.07 Å². The average molecular weight is 401 g/mol. The third kappa shape index (κ3) is 3.48. The molecule has 0 saturated carbocycles. The third-order valence-corrected chi connectivity index (χ3v) is 4.67. The summed E-state index contributed by atoms with van der Waals surface area (Å²) < 4.78 is 11.8. The van der Waals surface area contributed by atoms with Crippen LogP contribution in [0.2, 0.25) is 0 Å². The number of methoxy groups -OCH3 is 2. The fourth-order valence-electron chi connectivity index (χ4n) is 3.20. The highest BCUT2D eigenvalue weighted by atomic mass is 16.5. The molecule has 0 unspecified atom stereocenters. The van der Waals surface area contributed by atoms with Crippen molar-refractivity contribution < 1.29 is 14.3 Å². The normalized spacial score (nSPS) is 10.6. The molecule has 0 saturated heterocycles. The zero-order chi connectivity index (χ0) is 21.1.